The number of allylic oxidation sites excluding steroid dienone is 7. The molecule has 0 unspecified atom stereocenters. The molecule has 6 heteroatoms. The Bertz CT molecular complexity index is 943. The van der Waals surface area contributed by atoms with Gasteiger partial charge in [0.1, 0.15) is 0 Å². The molecule has 0 amide bonds. The molecule has 0 radical (unpaired) electrons. The first kappa shape index (κ1) is 29.5. The smallest absolute Gasteiger partial charge is 0.337 e. The lowest BCUT2D eigenvalue weighted by atomic mass is 10.0. The second kappa shape index (κ2) is 17.0. The summed E-state index contributed by atoms with van der Waals surface area (Å²) in [6.45, 7) is 11.0. The van der Waals surface area contributed by atoms with Crippen LogP contribution in [0.25, 0.3) is 0 Å². The Morgan fingerprint density at radius 3 is 2.68 bits per heavy atom. The van der Waals surface area contributed by atoms with Crippen LogP contribution in [-0.4, -0.2) is 25.5 Å². The minimum Gasteiger partial charge on any atom is -0.465 e. The van der Waals surface area contributed by atoms with E-state index in [1.807, 2.05) is 47.9 Å². The van der Waals surface area contributed by atoms with Gasteiger partial charge in [0.05, 0.1) is 18.6 Å². The number of thiol groups is 1. The van der Waals surface area contributed by atoms with Crippen LogP contribution in [0.1, 0.15) is 44.0 Å². The first-order valence-electron chi connectivity index (χ1n) is 11.4. The number of anilines is 1. The normalized spacial score (nSPS) is 13.2. The number of nitrogens with zero attached hydrogens (tertiary/aromatic N) is 1. The maximum absolute atomic E-state index is 12.0. The molecular weight excluding hydrogens is 460 g/mol. The molecule has 0 saturated carbocycles. The molecule has 0 fully saturated rings. The molecular formula is C28H38N2O2S2. The number of nitrogens with two attached hydrogens (primary N) is 1. The standard InChI is InChI=1S/C28H38N2O2S2/c1-6-23(22(3)4)13-11-14-24(7-2)27(29)20-34-21-30(17-9-8-10-18-33)26-16-12-15-25(19-26)28(31)32-5/h6,8-10,12-16,18-20,22,33H,1,7,11,17,21,29H2,2-5H3/b9-8+,18-10-,23-13+,24-14+,27-20-. The van der Waals surface area contributed by atoms with Crippen molar-refractivity contribution in [1.82, 2.24) is 0 Å². The summed E-state index contributed by atoms with van der Waals surface area (Å²) >= 11 is 5.71. The van der Waals surface area contributed by atoms with Gasteiger partial charge in [0.15, 0.2) is 0 Å². The zero-order chi connectivity index (χ0) is 25.3. The van der Waals surface area contributed by atoms with Gasteiger partial charge in [-0.3, -0.25) is 0 Å². The Morgan fingerprint density at radius 2 is 2.06 bits per heavy atom. The van der Waals surface area contributed by atoms with Crippen LogP contribution in [0, 0.1) is 5.92 Å². The summed E-state index contributed by atoms with van der Waals surface area (Å²) in [5.74, 6) is 0.780. The number of carbonyl (C=O) groups excluding carboxylic acids is 1. The summed E-state index contributed by atoms with van der Waals surface area (Å²) in [4.78, 5) is 14.1. The average molecular weight is 499 g/mol. The van der Waals surface area contributed by atoms with Crippen LogP contribution in [0.5, 0.6) is 0 Å². The lowest BCUT2D eigenvalue weighted by Crippen LogP contribution is -2.23. The second-order valence-corrected chi connectivity index (χ2v) is 8.91. The van der Waals surface area contributed by atoms with E-state index in [2.05, 4.69) is 57.0 Å². The third-order valence-corrected chi connectivity index (χ3v) is 6.16. The van der Waals surface area contributed by atoms with Gasteiger partial charge in [-0.2, -0.15) is 12.6 Å². The third-order valence-electron chi connectivity index (χ3n) is 5.10. The highest BCUT2D eigenvalue weighted by Crippen LogP contribution is 2.22. The summed E-state index contributed by atoms with van der Waals surface area (Å²) in [6, 6.07) is 7.44. The van der Waals surface area contributed by atoms with E-state index in [0.717, 1.165) is 29.8 Å². The van der Waals surface area contributed by atoms with Gasteiger partial charge in [0.2, 0.25) is 0 Å². The number of hydrogen-bond donors (Lipinski definition) is 2. The number of carbonyl (C=O) groups is 1. The Hall–Kier alpha value is -2.57. The van der Waals surface area contributed by atoms with Gasteiger partial charge in [-0.25, -0.2) is 4.79 Å². The number of methoxy groups -OCH3 is 1. The molecule has 0 bridgehead atoms. The zero-order valence-corrected chi connectivity index (χ0v) is 22.4. The predicted molar refractivity (Wildman–Crippen MR) is 153 cm³/mol. The van der Waals surface area contributed by atoms with Gasteiger partial charge in [-0.15, -0.1) is 11.8 Å². The zero-order valence-electron chi connectivity index (χ0n) is 20.7. The Kier molecular flexibility index (Phi) is 14.7. The van der Waals surface area contributed by atoms with Crippen molar-refractivity contribution in [2.24, 2.45) is 11.7 Å². The maximum Gasteiger partial charge on any atom is 0.337 e. The van der Waals surface area contributed by atoms with Crippen molar-refractivity contribution in [1.29, 1.82) is 0 Å². The molecule has 0 aliphatic heterocycles. The van der Waals surface area contributed by atoms with Crippen LogP contribution in [-0.2, 0) is 4.74 Å². The van der Waals surface area contributed by atoms with Crippen molar-refractivity contribution in [3.05, 3.63) is 101 Å². The molecule has 0 saturated heterocycles. The van der Waals surface area contributed by atoms with E-state index in [-0.39, 0.29) is 5.97 Å². The van der Waals surface area contributed by atoms with Crippen molar-refractivity contribution >= 4 is 36.0 Å². The first-order chi connectivity index (χ1) is 16.4. The topological polar surface area (TPSA) is 55.6 Å². The first-order valence-corrected chi connectivity index (χ1v) is 12.9. The molecule has 0 spiro atoms. The summed E-state index contributed by atoms with van der Waals surface area (Å²) in [5, 5.41) is 3.69. The lowest BCUT2D eigenvalue weighted by Gasteiger charge is -2.23. The molecule has 0 aliphatic rings. The maximum atomic E-state index is 12.0. The van der Waals surface area contributed by atoms with E-state index in [1.165, 1.54) is 12.7 Å². The molecule has 34 heavy (non-hydrogen) atoms. The summed E-state index contributed by atoms with van der Waals surface area (Å²) in [7, 11) is 1.39. The van der Waals surface area contributed by atoms with E-state index >= 15 is 0 Å². The largest absolute Gasteiger partial charge is 0.465 e. The average Bonchev–Trinajstić information content (AvgIpc) is 2.84. The third kappa shape index (κ3) is 10.6. The molecule has 1 aromatic rings. The minimum absolute atomic E-state index is 0.351. The summed E-state index contributed by atoms with van der Waals surface area (Å²) < 4.78 is 4.87. The van der Waals surface area contributed by atoms with E-state index in [1.54, 1.807) is 23.2 Å². The van der Waals surface area contributed by atoms with Crippen LogP contribution >= 0.6 is 24.4 Å². The Balaban J connectivity index is 2.98. The van der Waals surface area contributed by atoms with Gasteiger partial charge in [-0.05, 0) is 58.9 Å². The van der Waals surface area contributed by atoms with Crippen LogP contribution in [0.3, 0.4) is 0 Å². The highest BCUT2D eigenvalue weighted by Gasteiger charge is 2.10. The van der Waals surface area contributed by atoms with Crippen LogP contribution < -0.4 is 10.6 Å². The van der Waals surface area contributed by atoms with Crippen molar-refractivity contribution in [3.8, 4) is 0 Å². The molecule has 0 aliphatic carbocycles. The highest BCUT2D eigenvalue weighted by molar-refractivity contribution is 8.02. The van der Waals surface area contributed by atoms with E-state index in [9.17, 15) is 4.79 Å². The molecule has 0 aromatic heterocycles. The number of thioether (sulfide) groups is 1. The van der Waals surface area contributed by atoms with Crippen molar-refractivity contribution in [2.75, 3.05) is 24.4 Å². The van der Waals surface area contributed by atoms with Crippen molar-refractivity contribution in [2.45, 2.75) is 33.6 Å². The van der Waals surface area contributed by atoms with Crippen LogP contribution in [0.4, 0.5) is 5.69 Å². The number of ether oxygens (including phenoxy) is 1. The summed E-state index contributed by atoms with van der Waals surface area (Å²) in [5.41, 5.74) is 11.0. The number of hydrogen-bond acceptors (Lipinski definition) is 6. The minimum atomic E-state index is -0.351. The molecule has 184 valence electrons. The van der Waals surface area contributed by atoms with E-state index < -0.39 is 0 Å². The number of esters is 1. The monoisotopic (exact) mass is 498 g/mol. The van der Waals surface area contributed by atoms with E-state index in [4.69, 9.17) is 10.5 Å². The molecule has 1 rings (SSSR count). The lowest BCUT2D eigenvalue weighted by molar-refractivity contribution is 0.0601. The fourth-order valence-electron chi connectivity index (χ4n) is 3.15. The number of benzene rings is 1. The molecule has 0 heterocycles. The SMILES string of the molecule is C=C/C(=C\C/C=C(CC)/C(N)=C/SCN(C/C=C/C=C\S)c1cccc(C(=O)OC)c1)C(C)C. The van der Waals surface area contributed by atoms with Crippen molar-refractivity contribution in [3.63, 3.8) is 0 Å². The van der Waals surface area contributed by atoms with E-state index in [0.29, 0.717) is 23.9 Å². The second-order valence-electron chi connectivity index (χ2n) is 7.78. The molecule has 2 N–H and O–H groups in total. The molecule has 1 aromatic carbocycles. The Morgan fingerprint density at radius 1 is 1.29 bits per heavy atom. The van der Waals surface area contributed by atoms with Gasteiger partial charge in [0.25, 0.3) is 0 Å². The fourth-order valence-corrected chi connectivity index (χ4v) is 4.09. The number of rotatable bonds is 14. The Labute approximate surface area is 215 Å². The fraction of sp³-hybridized carbons (Fsp3) is 0.321. The van der Waals surface area contributed by atoms with Crippen LogP contribution in [0.15, 0.2) is 95.0 Å². The molecule has 4 nitrogen and oxygen atoms in total. The predicted octanol–water partition coefficient (Wildman–Crippen LogP) is 7.27. The molecule has 0 atom stereocenters. The van der Waals surface area contributed by atoms with Gasteiger partial charge >= 0.3 is 5.97 Å². The van der Waals surface area contributed by atoms with Gasteiger partial charge in [0, 0.05) is 17.9 Å². The van der Waals surface area contributed by atoms with Crippen molar-refractivity contribution < 1.29 is 9.53 Å². The van der Waals surface area contributed by atoms with Crippen LogP contribution in [0.2, 0.25) is 0 Å². The summed E-state index contributed by atoms with van der Waals surface area (Å²) in [6.07, 6.45) is 13.9. The highest BCUT2D eigenvalue weighted by atomic mass is 32.2. The quantitative estimate of drug-likeness (QED) is 0.122. The van der Waals surface area contributed by atoms with Gasteiger partial charge in [-0.1, -0.05) is 69.9 Å². The van der Waals surface area contributed by atoms with Gasteiger partial charge < -0.3 is 15.4 Å².